The Morgan fingerprint density at radius 2 is 1.59 bits per heavy atom. The fourth-order valence-electron chi connectivity index (χ4n) is 4.03. The number of benzene rings is 3. The Kier molecular flexibility index (Phi) is 7.37. The lowest BCUT2D eigenvalue weighted by atomic mass is 9.92. The average Bonchev–Trinajstić information content (AvgIpc) is 2.87. The van der Waals surface area contributed by atoms with Gasteiger partial charge in [-0.25, -0.2) is 4.39 Å². The van der Waals surface area contributed by atoms with Crippen LogP contribution in [-0.2, 0) is 6.42 Å². The van der Waals surface area contributed by atoms with Gasteiger partial charge in [-0.3, -0.25) is 0 Å². The van der Waals surface area contributed by atoms with Crippen molar-refractivity contribution in [2.24, 2.45) is 0 Å². The van der Waals surface area contributed by atoms with Gasteiger partial charge in [-0.2, -0.15) is 0 Å². The number of hydrogen-bond donors (Lipinski definition) is 1. The van der Waals surface area contributed by atoms with Crippen molar-refractivity contribution in [2.45, 2.75) is 12.5 Å². The molecule has 3 aromatic carbocycles. The summed E-state index contributed by atoms with van der Waals surface area (Å²) in [5, 5.41) is 3.90. The highest BCUT2D eigenvalue weighted by molar-refractivity contribution is 7.80. The minimum Gasteiger partial charge on any atom is -0.497 e. The van der Waals surface area contributed by atoms with Crippen LogP contribution in [0.2, 0.25) is 0 Å². The first-order valence-electron chi connectivity index (χ1n) is 10.9. The molecule has 1 heterocycles. The number of halogens is 1. The van der Waals surface area contributed by atoms with Crippen LogP contribution in [0.5, 0.6) is 23.0 Å². The molecule has 1 aliphatic rings. The fourth-order valence-corrected chi connectivity index (χ4v) is 4.36. The van der Waals surface area contributed by atoms with Gasteiger partial charge in [0.05, 0.1) is 27.4 Å². The second kappa shape index (κ2) is 10.6. The maximum atomic E-state index is 13.3. The molecule has 0 saturated heterocycles. The zero-order valence-electron chi connectivity index (χ0n) is 19.3. The second-order valence-electron chi connectivity index (χ2n) is 7.79. The van der Waals surface area contributed by atoms with Gasteiger partial charge in [0.15, 0.2) is 16.6 Å². The lowest BCUT2D eigenvalue weighted by Crippen LogP contribution is -2.44. The van der Waals surface area contributed by atoms with E-state index in [0.29, 0.717) is 35.5 Å². The summed E-state index contributed by atoms with van der Waals surface area (Å²) in [6.07, 6.45) is 0.785. The smallest absolute Gasteiger partial charge is 0.174 e. The summed E-state index contributed by atoms with van der Waals surface area (Å²) in [5.41, 5.74) is 3.06. The van der Waals surface area contributed by atoms with Gasteiger partial charge in [0.2, 0.25) is 0 Å². The highest BCUT2D eigenvalue weighted by Crippen LogP contribution is 2.38. The van der Waals surface area contributed by atoms with E-state index >= 15 is 0 Å². The van der Waals surface area contributed by atoms with Gasteiger partial charge in [-0.15, -0.1) is 0 Å². The summed E-state index contributed by atoms with van der Waals surface area (Å²) < 4.78 is 35.7. The number of methoxy groups -OCH3 is 3. The highest BCUT2D eigenvalue weighted by Gasteiger charge is 2.31. The molecule has 0 amide bonds. The van der Waals surface area contributed by atoms with Crippen molar-refractivity contribution in [3.8, 4) is 23.0 Å². The van der Waals surface area contributed by atoms with E-state index in [2.05, 4.69) is 10.2 Å². The van der Waals surface area contributed by atoms with Crippen LogP contribution in [0, 0.1) is 5.82 Å². The van der Waals surface area contributed by atoms with Crippen LogP contribution in [0.1, 0.15) is 17.2 Å². The minimum atomic E-state index is -0.307. The molecule has 1 unspecified atom stereocenters. The van der Waals surface area contributed by atoms with Crippen LogP contribution in [0.25, 0.3) is 0 Å². The standard InChI is InChI=1S/C26H27FN2O4S/c1-30-20-10-6-19(7-11-20)28-26(34)29-13-12-17-14-24(31-2)25(32-3)15-22(17)23(29)16-33-21-8-4-18(27)5-9-21/h4-11,14-15,23H,12-13,16H2,1-3H3,(H,28,34). The number of rotatable bonds is 7. The summed E-state index contributed by atoms with van der Waals surface area (Å²) in [6.45, 7) is 1.01. The van der Waals surface area contributed by atoms with Crippen molar-refractivity contribution < 1.29 is 23.3 Å². The lowest BCUT2D eigenvalue weighted by molar-refractivity contribution is 0.190. The fraction of sp³-hybridized carbons (Fsp3) is 0.269. The number of nitrogens with zero attached hydrogens (tertiary/aromatic N) is 1. The van der Waals surface area contributed by atoms with Crippen molar-refractivity contribution in [1.82, 2.24) is 4.90 Å². The topological polar surface area (TPSA) is 52.2 Å². The molecule has 4 rings (SSSR count). The molecule has 0 fully saturated rings. The molecule has 1 N–H and O–H groups in total. The van der Waals surface area contributed by atoms with E-state index in [-0.39, 0.29) is 11.9 Å². The molecule has 0 spiro atoms. The van der Waals surface area contributed by atoms with E-state index in [1.165, 1.54) is 12.1 Å². The van der Waals surface area contributed by atoms with Gasteiger partial charge in [0, 0.05) is 12.2 Å². The van der Waals surface area contributed by atoms with Gasteiger partial charge in [-0.1, -0.05) is 0 Å². The minimum absolute atomic E-state index is 0.188. The van der Waals surface area contributed by atoms with Gasteiger partial charge < -0.3 is 29.2 Å². The van der Waals surface area contributed by atoms with Crippen LogP contribution < -0.4 is 24.3 Å². The average molecular weight is 483 g/mol. The number of nitrogens with one attached hydrogen (secondary N) is 1. The maximum absolute atomic E-state index is 13.3. The Morgan fingerprint density at radius 3 is 2.24 bits per heavy atom. The van der Waals surface area contributed by atoms with E-state index in [1.54, 1.807) is 33.5 Å². The first-order chi connectivity index (χ1) is 16.5. The van der Waals surface area contributed by atoms with E-state index in [1.807, 2.05) is 36.4 Å². The second-order valence-corrected chi connectivity index (χ2v) is 8.18. The van der Waals surface area contributed by atoms with Crippen molar-refractivity contribution in [3.63, 3.8) is 0 Å². The number of anilines is 1. The van der Waals surface area contributed by atoms with Crippen LogP contribution in [0.15, 0.2) is 60.7 Å². The maximum Gasteiger partial charge on any atom is 0.174 e. The van der Waals surface area contributed by atoms with Crippen LogP contribution in [-0.4, -0.2) is 44.5 Å². The van der Waals surface area contributed by atoms with Crippen molar-refractivity contribution >= 4 is 23.0 Å². The van der Waals surface area contributed by atoms with Crippen molar-refractivity contribution in [2.75, 3.05) is 39.8 Å². The Morgan fingerprint density at radius 1 is 0.941 bits per heavy atom. The van der Waals surface area contributed by atoms with E-state index in [4.69, 9.17) is 31.2 Å². The number of hydrogen-bond acceptors (Lipinski definition) is 5. The van der Waals surface area contributed by atoms with E-state index in [0.717, 1.165) is 29.0 Å². The molecule has 6 nitrogen and oxygen atoms in total. The molecule has 178 valence electrons. The molecular formula is C26H27FN2O4S. The molecule has 1 aliphatic heterocycles. The van der Waals surface area contributed by atoms with E-state index in [9.17, 15) is 4.39 Å². The number of thiocarbonyl (C=S) groups is 1. The van der Waals surface area contributed by atoms with Crippen LogP contribution in [0.4, 0.5) is 10.1 Å². The molecular weight excluding hydrogens is 455 g/mol. The highest BCUT2D eigenvalue weighted by atomic mass is 32.1. The molecule has 1 atom stereocenters. The third-order valence-electron chi connectivity index (χ3n) is 5.83. The first-order valence-corrected chi connectivity index (χ1v) is 11.3. The molecule has 0 bridgehead atoms. The van der Waals surface area contributed by atoms with Crippen molar-refractivity contribution in [1.29, 1.82) is 0 Å². The summed E-state index contributed by atoms with van der Waals surface area (Å²) in [4.78, 5) is 2.11. The third-order valence-corrected chi connectivity index (χ3v) is 6.16. The summed E-state index contributed by atoms with van der Waals surface area (Å²) in [5.74, 6) is 2.38. The molecule has 0 radical (unpaired) electrons. The monoisotopic (exact) mass is 482 g/mol. The zero-order chi connectivity index (χ0) is 24.1. The number of ether oxygens (including phenoxy) is 4. The Balaban J connectivity index is 1.62. The Hall–Kier alpha value is -3.52. The Bertz CT molecular complexity index is 1140. The lowest BCUT2D eigenvalue weighted by Gasteiger charge is -2.39. The van der Waals surface area contributed by atoms with Gasteiger partial charge in [0.1, 0.15) is 23.9 Å². The summed E-state index contributed by atoms with van der Waals surface area (Å²) in [6, 6.07) is 17.4. The largest absolute Gasteiger partial charge is 0.497 e. The number of fused-ring (bicyclic) bond motifs is 1. The summed E-state index contributed by atoms with van der Waals surface area (Å²) >= 11 is 5.80. The predicted octanol–water partition coefficient (Wildman–Crippen LogP) is 5.23. The zero-order valence-corrected chi connectivity index (χ0v) is 20.2. The van der Waals surface area contributed by atoms with Gasteiger partial charge in [0.25, 0.3) is 0 Å². The summed E-state index contributed by atoms with van der Waals surface area (Å²) in [7, 11) is 4.88. The normalized spacial score (nSPS) is 14.7. The van der Waals surface area contributed by atoms with Crippen molar-refractivity contribution in [3.05, 3.63) is 77.6 Å². The van der Waals surface area contributed by atoms with Crippen LogP contribution >= 0.6 is 12.2 Å². The molecule has 8 heteroatoms. The molecule has 0 saturated carbocycles. The van der Waals surface area contributed by atoms with E-state index < -0.39 is 0 Å². The third kappa shape index (κ3) is 5.17. The van der Waals surface area contributed by atoms with Crippen LogP contribution in [0.3, 0.4) is 0 Å². The first kappa shape index (κ1) is 23.6. The van der Waals surface area contributed by atoms with Gasteiger partial charge >= 0.3 is 0 Å². The SMILES string of the molecule is COc1ccc(NC(=S)N2CCc3cc(OC)c(OC)cc3C2COc2ccc(F)cc2)cc1. The Labute approximate surface area is 204 Å². The molecule has 0 aromatic heterocycles. The molecule has 3 aromatic rings. The quantitative estimate of drug-likeness (QED) is 0.463. The molecule has 0 aliphatic carbocycles. The van der Waals surface area contributed by atoms with Gasteiger partial charge in [-0.05, 0) is 90.4 Å². The predicted molar refractivity (Wildman–Crippen MR) is 134 cm³/mol. The molecule has 34 heavy (non-hydrogen) atoms.